The SMILES string of the molecule is CCCCCCCCCC/C=C/CC/C=C/CC/C=C/C(O)C(CO)NC(=O)CCCCCCCCCCCCCCCCC/C=C\C/C=C\CCCCCCCCCCC. The van der Waals surface area contributed by atoms with Gasteiger partial charge >= 0.3 is 0 Å². The highest BCUT2D eigenvalue weighted by atomic mass is 16.3. The van der Waals surface area contributed by atoms with Crippen molar-refractivity contribution in [2.75, 3.05) is 6.61 Å². The van der Waals surface area contributed by atoms with Crippen LogP contribution in [-0.2, 0) is 4.79 Å². The van der Waals surface area contributed by atoms with Gasteiger partial charge in [-0.05, 0) is 77.0 Å². The highest BCUT2D eigenvalue weighted by Crippen LogP contribution is 2.16. The fraction of sp³-hybridized carbons (Fsp3) is 0.807. The van der Waals surface area contributed by atoms with E-state index in [-0.39, 0.29) is 12.5 Å². The van der Waals surface area contributed by atoms with Crippen molar-refractivity contribution >= 4 is 5.91 Å². The van der Waals surface area contributed by atoms with Gasteiger partial charge in [-0.15, -0.1) is 0 Å². The highest BCUT2D eigenvalue weighted by Gasteiger charge is 2.17. The molecule has 0 aliphatic rings. The standard InChI is InChI=1S/C57H105NO3/c1-3-5-7-9-11-13-15-17-19-21-23-24-25-26-27-28-29-30-31-32-33-34-35-37-39-41-43-45-47-49-51-53-57(61)58-55(54-59)56(60)52-50-48-46-44-42-40-38-36-22-20-18-16-14-12-10-8-6-4-2/h22-24,26-27,36,42,44,50,52,55-56,59-60H,3-21,25,28-35,37-41,43,45-49,51,53-54H2,1-2H3,(H,58,61)/b24-23-,27-26-,36-22+,44-42+,52-50+. The van der Waals surface area contributed by atoms with Gasteiger partial charge in [-0.3, -0.25) is 4.79 Å². The minimum atomic E-state index is -0.872. The van der Waals surface area contributed by atoms with Crippen molar-refractivity contribution in [3.63, 3.8) is 0 Å². The van der Waals surface area contributed by atoms with Crippen molar-refractivity contribution in [2.45, 2.75) is 289 Å². The second-order valence-electron chi connectivity index (χ2n) is 18.3. The Morgan fingerprint density at radius 1 is 0.393 bits per heavy atom. The molecule has 2 unspecified atom stereocenters. The van der Waals surface area contributed by atoms with E-state index < -0.39 is 12.1 Å². The summed E-state index contributed by atoms with van der Waals surface area (Å²) in [6.45, 7) is 4.30. The predicted molar refractivity (Wildman–Crippen MR) is 271 cm³/mol. The van der Waals surface area contributed by atoms with E-state index in [1.54, 1.807) is 6.08 Å². The van der Waals surface area contributed by atoms with E-state index in [4.69, 9.17) is 0 Å². The molecule has 0 spiro atoms. The van der Waals surface area contributed by atoms with E-state index in [0.29, 0.717) is 6.42 Å². The van der Waals surface area contributed by atoms with Gasteiger partial charge in [-0.1, -0.05) is 254 Å². The molecule has 0 aromatic rings. The first-order valence-corrected chi connectivity index (χ1v) is 27.0. The Kier molecular flexibility index (Phi) is 50.8. The zero-order valence-electron chi connectivity index (χ0n) is 40.9. The van der Waals surface area contributed by atoms with Crippen LogP contribution in [0.3, 0.4) is 0 Å². The number of aliphatic hydroxyl groups excluding tert-OH is 2. The molecule has 0 saturated carbocycles. The van der Waals surface area contributed by atoms with Gasteiger partial charge in [0.25, 0.3) is 0 Å². The monoisotopic (exact) mass is 852 g/mol. The summed E-state index contributed by atoms with van der Waals surface area (Å²) in [7, 11) is 0. The molecular formula is C57H105NO3. The van der Waals surface area contributed by atoms with E-state index in [1.165, 1.54) is 212 Å². The van der Waals surface area contributed by atoms with Gasteiger partial charge in [0, 0.05) is 6.42 Å². The van der Waals surface area contributed by atoms with E-state index >= 15 is 0 Å². The molecule has 0 aliphatic carbocycles. The molecule has 0 heterocycles. The maximum Gasteiger partial charge on any atom is 0.220 e. The van der Waals surface area contributed by atoms with Crippen LogP contribution >= 0.6 is 0 Å². The van der Waals surface area contributed by atoms with Gasteiger partial charge in [0.1, 0.15) is 0 Å². The topological polar surface area (TPSA) is 69.6 Å². The quantitative estimate of drug-likeness (QED) is 0.0422. The average Bonchev–Trinajstić information content (AvgIpc) is 3.26. The van der Waals surface area contributed by atoms with Crippen LogP contribution in [0.4, 0.5) is 0 Å². The number of carbonyl (C=O) groups is 1. The molecular weight excluding hydrogens is 747 g/mol. The lowest BCUT2D eigenvalue weighted by molar-refractivity contribution is -0.123. The van der Waals surface area contributed by atoms with Gasteiger partial charge in [-0.2, -0.15) is 0 Å². The molecule has 356 valence electrons. The van der Waals surface area contributed by atoms with Crippen LogP contribution in [0.1, 0.15) is 277 Å². The number of aliphatic hydroxyl groups is 2. The van der Waals surface area contributed by atoms with Gasteiger partial charge in [0.15, 0.2) is 0 Å². The fourth-order valence-electron chi connectivity index (χ4n) is 8.07. The third kappa shape index (κ3) is 49.0. The fourth-order valence-corrected chi connectivity index (χ4v) is 8.07. The third-order valence-corrected chi connectivity index (χ3v) is 12.2. The first-order chi connectivity index (χ1) is 30.2. The van der Waals surface area contributed by atoms with Crippen molar-refractivity contribution < 1.29 is 15.0 Å². The van der Waals surface area contributed by atoms with Crippen LogP contribution in [0.25, 0.3) is 0 Å². The van der Waals surface area contributed by atoms with E-state index in [9.17, 15) is 15.0 Å². The number of amides is 1. The summed E-state index contributed by atoms with van der Waals surface area (Å²) in [5, 5.41) is 23.1. The summed E-state index contributed by atoms with van der Waals surface area (Å²) in [4.78, 5) is 12.4. The normalized spacial score (nSPS) is 13.3. The van der Waals surface area contributed by atoms with Crippen molar-refractivity contribution in [2.24, 2.45) is 0 Å². The molecule has 0 radical (unpaired) electrons. The molecule has 0 aromatic carbocycles. The van der Waals surface area contributed by atoms with Crippen LogP contribution < -0.4 is 5.32 Å². The number of carbonyl (C=O) groups excluding carboxylic acids is 1. The zero-order chi connectivity index (χ0) is 44.2. The van der Waals surface area contributed by atoms with Gasteiger partial charge in [-0.25, -0.2) is 0 Å². The second kappa shape index (κ2) is 52.4. The number of hydrogen-bond acceptors (Lipinski definition) is 3. The predicted octanol–water partition coefficient (Wildman–Crippen LogP) is 17.6. The summed E-state index contributed by atoms with van der Waals surface area (Å²) < 4.78 is 0. The number of allylic oxidation sites excluding steroid dienone is 9. The van der Waals surface area contributed by atoms with Crippen LogP contribution in [0.5, 0.6) is 0 Å². The molecule has 4 nitrogen and oxygen atoms in total. The van der Waals surface area contributed by atoms with Crippen LogP contribution in [0, 0.1) is 0 Å². The third-order valence-electron chi connectivity index (χ3n) is 12.2. The second-order valence-corrected chi connectivity index (χ2v) is 18.3. The Labute approximate surface area is 381 Å². The van der Waals surface area contributed by atoms with E-state index in [1.807, 2.05) is 6.08 Å². The summed E-state index contributed by atoms with van der Waals surface area (Å²) >= 11 is 0. The number of rotatable bonds is 49. The number of nitrogens with one attached hydrogen (secondary N) is 1. The minimum absolute atomic E-state index is 0.0771. The average molecular weight is 852 g/mol. The Morgan fingerprint density at radius 3 is 1.05 bits per heavy atom. The first-order valence-electron chi connectivity index (χ1n) is 27.0. The van der Waals surface area contributed by atoms with Gasteiger partial charge < -0.3 is 15.5 Å². The molecule has 0 bridgehead atoms. The number of unbranched alkanes of at least 4 members (excludes halogenated alkanes) is 34. The molecule has 3 N–H and O–H groups in total. The van der Waals surface area contributed by atoms with E-state index in [2.05, 4.69) is 67.8 Å². The molecule has 1 amide bonds. The van der Waals surface area contributed by atoms with Crippen molar-refractivity contribution in [1.29, 1.82) is 0 Å². The molecule has 61 heavy (non-hydrogen) atoms. The minimum Gasteiger partial charge on any atom is -0.394 e. The zero-order valence-corrected chi connectivity index (χ0v) is 40.9. The lowest BCUT2D eigenvalue weighted by Crippen LogP contribution is -2.45. The van der Waals surface area contributed by atoms with E-state index in [0.717, 1.165) is 44.9 Å². The van der Waals surface area contributed by atoms with Crippen LogP contribution in [0.15, 0.2) is 60.8 Å². The molecule has 0 rings (SSSR count). The van der Waals surface area contributed by atoms with Gasteiger partial charge in [0.05, 0.1) is 18.8 Å². The lowest BCUT2D eigenvalue weighted by Gasteiger charge is -2.19. The Morgan fingerprint density at radius 2 is 0.689 bits per heavy atom. The van der Waals surface area contributed by atoms with Crippen LogP contribution in [0.2, 0.25) is 0 Å². The highest BCUT2D eigenvalue weighted by molar-refractivity contribution is 5.76. The van der Waals surface area contributed by atoms with Gasteiger partial charge in [0.2, 0.25) is 5.91 Å². The Balaban J connectivity index is 3.53. The Hall–Kier alpha value is -1.91. The molecule has 0 aromatic heterocycles. The lowest BCUT2D eigenvalue weighted by atomic mass is 10.0. The summed E-state index contributed by atoms with van der Waals surface area (Å²) in [5.74, 6) is -0.0771. The maximum atomic E-state index is 12.4. The maximum absolute atomic E-state index is 12.4. The smallest absolute Gasteiger partial charge is 0.220 e. The first kappa shape index (κ1) is 59.1. The molecule has 2 atom stereocenters. The van der Waals surface area contributed by atoms with Crippen molar-refractivity contribution in [3.05, 3.63) is 60.8 Å². The van der Waals surface area contributed by atoms with Crippen molar-refractivity contribution in [1.82, 2.24) is 5.32 Å². The molecule has 4 heteroatoms. The largest absolute Gasteiger partial charge is 0.394 e. The summed E-state index contributed by atoms with van der Waals surface area (Å²) in [6.07, 6.45) is 73.7. The Bertz CT molecular complexity index is 1010. The summed E-state index contributed by atoms with van der Waals surface area (Å²) in [5.41, 5.74) is 0. The van der Waals surface area contributed by atoms with Crippen molar-refractivity contribution in [3.8, 4) is 0 Å². The number of hydrogen-bond donors (Lipinski definition) is 3. The molecule has 0 fully saturated rings. The van der Waals surface area contributed by atoms with Crippen LogP contribution in [-0.4, -0.2) is 34.9 Å². The molecule has 0 saturated heterocycles. The summed E-state index contributed by atoms with van der Waals surface area (Å²) in [6, 6.07) is -0.647. The molecule has 0 aliphatic heterocycles.